The summed E-state index contributed by atoms with van der Waals surface area (Å²) in [5.41, 5.74) is 1.64. The molecule has 0 saturated carbocycles. The van der Waals surface area contributed by atoms with Gasteiger partial charge in [-0.2, -0.15) is 4.37 Å². The second-order valence-electron chi connectivity index (χ2n) is 8.76. The van der Waals surface area contributed by atoms with Crippen LogP contribution < -0.4 is 9.46 Å². The van der Waals surface area contributed by atoms with Crippen molar-refractivity contribution in [3.05, 3.63) is 65.5 Å². The summed E-state index contributed by atoms with van der Waals surface area (Å²) in [5.74, 6) is -0.281. The molecule has 3 atom stereocenters. The summed E-state index contributed by atoms with van der Waals surface area (Å²) in [5, 5.41) is 0.0560. The van der Waals surface area contributed by atoms with Crippen LogP contribution >= 0.6 is 11.5 Å². The lowest BCUT2D eigenvalue weighted by atomic mass is 9.85. The molecular formula is C23H24F2N4O3S2. The number of halogens is 2. The van der Waals surface area contributed by atoms with E-state index in [4.69, 9.17) is 4.74 Å². The summed E-state index contributed by atoms with van der Waals surface area (Å²) in [7, 11) is -4.20. The fourth-order valence-electron chi connectivity index (χ4n) is 4.86. The van der Waals surface area contributed by atoms with E-state index in [0.29, 0.717) is 30.3 Å². The Morgan fingerprint density at radius 3 is 2.68 bits per heavy atom. The second-order valence-corrected chi connectivity index (χ2v) is 11.2. The van der Waals surface area contributed by atoms with Crippen molar-refractivity contribution in [2.45, 2.75) is 43.2 Å². The molecule has 5 rings (SSSR count). The first-order valence-electron chi connectivity index (χ1n) is 11.1. The molecule has 0 bridgehead atoms. The van der Waals surface area contributed by atoms with E-state index in [1.54, 1.807) is 12.1 Å². The van der Waals surface area contributed by atoms with Crippen LogP contribution in [0.15, 0.2) is 47.6 Å². The SMILES string of the molecule is CC1CCN(C2CCOc3cc(S(=O)(=O)Nc4ncns4)c(F)cc32)C(c2ccc(F)cc2)C1. The van der Waals surface area contributed by atoms with E-state index >= 15 is 4.39 Å². The summed E-state index contributed by atoms with van der Waals surface area (Å²) in [4.78, 5) is 5.62. The van der Waals surface area contributed by atoms with Gasteiger partial charge in [0, 0.05) is 41.7 Å². The number of nitrogens with one attached hydrogen (secondary N) is 1. The smallest absolute Gasteiger partial charge is 0.266 e. The lowest BCUT2D eigenvalue weighted by Crippen LogP contribution is -2.40. The Kier molecular flexibility index (Phi) is 6.26. The van der Waals surface area contributed by atoms with E-state index in [1.807, 2.05) is 0 Å². The Morgan fingerprint density at radius 1 is 1.15 bits per heavy atom. The molecule has 3 unspecified atom stereocenters. The van der Waals surface area contributed by atoms with Crippen molar-refractivity contribution in [1.82, 2.24) is 14.3 Å². The molecular weight excluding hydrogens is 482 g/mol. The van der Waals surface area contributed by atoms with Gasteiger partial charge < -0.3 is 4.74 Å². The van der Waals surface area contributed by atoms with E-state index in [2.05, 4.69) is 25.9 Å². The molecule has 7 nitrogen and oxygen atoms in total. The number of hydrogen-bond acceptors (Lipinski definition) is 7. The van der Waals surface area contributed by atoms with Gasteiger partial charge in [0.2, 0.25) is 5.13 Å². The third-order valence-electron chi connectivity index (χ3n) is 6.51. The molecule has 11 heteroatoms. The molecule has 0 spiro atoms. The molecule has 34 heavy (non-hydrogen) atoms. The van der Waals surface area contributed by atoms with E-state index in [-0.39, 0.29) is 23.0 Å². The number of fused-ring (bicyclic) bond motifs is 1. The van der Waals surface area contributed by atoms with Gasteiger partial charge in [-0.1, -0.05) is 19.1 Å². The van der Waals surface area contributed by atoms with Crippen LogP contribution in [-0.4, -0.2) is 35.8 Å². The zero-order chi connectivity index (χ0) is 23.9. The van der Waals surface area contributed by atoms with Gasteiger partial charge in [-0.05, 0) is 49.1 Å². The Bertz CT molecular complexity index is 1270. The number of rotatable bonds is 5. The van der Waals surface area contributed by atoms with Crippen LogP contribution in [0.4, 0.5) is 13.9 Å². The standard InChI is InChI=1S/C23H24F2N4O3S2/c1-14-6-8-29(20(10-14)15-2-4-16(24)5-3-15)19-7-9-32-21-12-22(18(25)11-17(19)21)34(30,31)28-23-26-13-27-33-23/h2-5,11-14,19-20H,6-10H2,1H3,(H,26,27,28). The van der Waals surface area contributed by atoms with Crippen molar-refractivity contribution >= 4 is 26.7 Å². The fourth-order valence-corrected chi connectivity index (χ4v) is 6.59. The van der Waals surface area contributed by atoms with Crippen molar-refractivity contribution in [3.63, 3.8) is 0 Å². The van der Waals surface area contributed by atoms with Crippen LogP contribution in [0.25, 0.3) is 0 Å². The molecule has 1 aromatic heterocycles. The number of piperidine rings is 1. The van der Waals surface area contributed by atoms with E-state index in [1.165, 1.54) is 30.6 Å². The van der Waals surface area contributed by atoms with E-state index < -0.39 is 20.7 Å². The van der Waals surface area contributed by atoms with Crippen molar-refractivity contribution in [2.75, 3.05) is 17.9 Å². The number of likely N-dealkylation sites (tertiary alicyclic amines) is 1. The second kappa shape index (κ2) is 9.20. The van der Waals surface area contributed by atoms with Gasteiger partial charge in [-0.3, -0.25) is 9.62 Å². The predicted molar refractivity (Wildman–Crippen MR) is 124 cm³/mol. The average molecular weight is 507 g/mol. The molecule has 0 radical (unpaired) electrons. The summed E-state index contributed by atoms with van der Waals surface area (Å²) in [6.07, 6.45) is 3.76. The highest BCUT2D eigenvalue weighted by molar-refractivity contribution is 7.93. The molecule has 2 aliphatic rings. The number of benzene rings is 2. The molecule has 3 aromatic rings. The number of nitrogens with zero attached hydrogens (tertiary/aromatic N) is 3. The van der Waals surface area contributed by atoms with Crippen LogP contribution in [0.3, 0.4) is 0 Å². The minimum atomic E-state index is -4.20. The van der Waals surface area contributed by atoms with Crippen molar-refractivity contribution in [1.29, 1.82) is 0 Å². The van der Waals surface area contributed by atoms with Gasteiger partial charge >= 0.3 is 0 Å². The highest BCUT2D eigenvalue weighted by atomic mass is 32.2. The number of ether oxygens (including phenoxy) is 1. The van der Waals surface area contributed by atoms with Crippen molar-refractivity contribution < 1.29 is 21.9 Å². The summed E-state index contributed by atoms with van der Waals surface area (Å²) >= 11 is 0.862. The minimum Gasteiger partial charge on any atom is -0.493 e. The largest absolute Gasteiger partial charge is 0.493 e. The van der Waals surface area contributed by atoms with Crippen molar-refractivity contribution in [3.8, 4) is 5.75 Å². The maximum atomic E-state index is 15.2. The third-order valence-corrected chi connectivity index (χ3v) is 8.57. The van der Waals surface area contributed by atoms with Gasteiger partial charge in [0.15, 0.2) is 0 Å². The van der Waals surface area contributed by atoms with Crippen LogP contribution in [0.5, 0.6) is 5.75 Å². The molecule has 2 aliphatic heterocycles. The molecule has 0 aliphatic carbocycles. The fraction of sp³-hybridized carbons (Fsp3) is 0.391. The van der Waals surface area contributed by atoms with Crippen LogP contribution in [-0.2, 0) is 10.0 Å². The molecule has 0 amide bonds. The Balaban J connectivity index is 1.49. The topological polar surface area (TPSA) is 84.4 Å². The number of aromatic nitrogens is 2. The van der Waals surface area contributed by atoms with Gasteiger partial charge in [0.25, 0.3) is 10.0 Å². The van der Waals surface area contributed by atoms with Gasteiger partial charge in [-0.15, -0.1) is 0 Å². The predicted octanol–water partition coefficient (Wildman–Crippen LogP) is 4.91. The monoisotopic (exact) mass is 506 g/mol. The Morgan fingerprint density at radius 2 is 1.94 bits per heavy atom. The third kappa shape index (κ3) is 4.51. The maximum Gasteiger partial charge on any atom is 0.266 e. The summed E-state index contributed by atoms with van der Waals surface area (Å²) < 4.78 is 66.1. The van der Waals surface area contributed by atoms with Gasteiger partial charge in [0.1, 0.15) is 28.6 Å². The Hall–Kier alpha value is -2.63. The normalized spacial score (nSPS) is 23.2. The highest BCUT2D eigenvalue weighted by Crippen LogP contribution is 2.45. The first-order valence-corrected chi connectivity index (χ1v) is 13.3. The summed E-state index contributed by atoms with van der Waals surface area (Å²) in [6, 6.07) is 8.97. The van der Waals surface area contributed by atoms with Crippen LogP contribution in [0.2, 0.25) is 0 Å². The lowest BCUT2D eigenvalue weighted by molar-refractivity contribution is 0.0485. The van der Waals surface area contributed by atoms with Crippen molar-refractivity contribution in [2.24, 2.45) is 5.92 Å². The number of sulfonamides is 1. The number of anilines is 1. The zero-order valence-corrected chi connectivity index (χ0v) is 20.1. The van der Waals surface area contributed by atoms with Crippen LogP contribution in [0.1, 0.15) is 49.4 Å². The molecule has 2 aromatic carbocycles. The highest BCUT2D eigenvalue weighted by Gasteiger charge is 2.37. The molecule has 1 N–H and O–H groups in total. The first-order chi connectivity index (χ1) is 16.3. The molecule has 3 heterocycles. The maximum absolute atomic E-state index is 15.2. The van der Waals surface area contributed by atoms with E-state index in [9.17, 15) is 12.8 Å². The quantitative estimate of drug-likeness (QED) is 0.529. The average Bonchev–Trinajstić information content (AvgIpc) is 3.31. The molecule has 180 valence electrons. The Labute approximate surface area is 201 Å². The molecule has 1 fully saturated rings. The lowest BCUT2D eigenvalue weighted by Gasteiger charge is -2.45. The van der Waals surface area contributed by atoms with Gasteiger partial charge in [0.05, 0.1) is 6.61 Å². The zero-order valence-electron chi connectivity index (χ0n) is 18.4. The minimum absolute atomic E-state index is 0.0471. The summed E-state index contributed by atoms with van der Waals surface area (Å²) in [6.45, 7) is 3.38. The number of hydrogen-bond donors (Lipinski definition) is 1. The first kappa shape index (κ1) is 23.1. The van der Waals surface area contributed by atoms with Crippen LogP contribution in [0, 0.1) is 17.6 Å². The van der Waals surface area contributed by atoms with Gasteiger partial charge in [-0.25, -0.2) is 22.2 Å². The van der Waals surface area contributed by atoms with E-state index in [0.717, 1.165) is 36.5 Å². The molecule has 1 saturated heterocycles.